The van der Waals surface area contributed by atoms with Gasteiger partial charge in [0.15, 0.2) is 11.6 Å². The molecule has 1 spiro atoms. The maximum absolute atomic E-state index is 15.2. The standard InChI is InChI=1S/C31H38ClFN6O5/c1-29(2,3)23(36-27(42)30(4,5)32)26(41)38-13-18-15-9-17(19(33)10-15)21(18)22(38)25(40)39-14-31(11-16(39)12-34)28(43)37-24-20(44-31)7-6-8-35-24/h6-8,15-19,21-23H,9-11,13-14H2,1-5H3,(H,36,42)(H,35,37,43). The van der Waals surface area contributed by atoms with E-state index in [1.807, 2.05) is 20.8 Å². The SMILES string of the molecule is CC(C)(Cl)C(=O)NC(C(=O)N1CC2C3CC(F)C(C3)C2C1C(=O)N1CC2(CC1C#N)Oc1cccnc1NC2=O)C(C)(C)C. The fourth-order valence-electron chi connectivity index (χ4n) is 8.04. The van der Waals surface area contributed by atoms with Crippen molar-refractivity contribution in [3.8, 4) is 11.8 Å². The molecule has 9 unspecified atom stereocenters. The van der Waals surface area contributed by atoms with Crippen LogP contribution in [-0.4, -0.2) is 86.3 Å². The lowest BCUT2D eigenvalue weighted by Gasteiger charge is -2.39. The largest absolute Gasteiger partial charge is 0.472 e. The average molecular weight is 629 g/mol. The number of hydrogen-bond acceptors (Lipinski definition) is 7. The molecule has 2 saturated carbocycles. The number of nitriles is 1. The fraction of sp³-hybridized carbons (Fsp3) is 0.677. The summed E-state index contributed by atoms with van der Waals surface area (Å²) in [5, 5.41) is 15.7. The van der Waals surface area contributed by atoms with E-state index in [-0.39, 0.29) is 37.2 Å². The molecule has 2 N–H and O–H groups in total. The molecule has 4 heterocycles. The van der Waals surface area contributed by atoms with Crippen LogP contribution in [0.25, 0.3) is 0 Å². The van der Waals surface area contributed by atoms with Crippen LogP contribution < -0.4 is 15.4 Å². The van der Waals surface area contributed by atoms with Crippen LogP contribution in [-0.2, 0) is 19.2 Å². The van der Waals surface area contributed by atoms with Gasteiger partial charge in [0.2, 0.25) is 23.3 Å². The minimum atomic E-state index is -1.52. The first-order valence-electron chi connectivity index (χ1n) is 15.2. The number of ether oxygens (including phenoxy) is 1. The summed E-state index contributed by atoms with van der Waals surface area (Å²) in [6, 6.07) is 2.37. The maximum atomic E-state index is 15.2. The first-order chi connectivity index (χ1) is 20.6. The molecule has 44 heavy (non-hydrogen) atoms. The highest BCUT2D eigenvalue weighted by atomic mass is 35.5. The number of fused-ring (bicyclic) bond motifs is 6. The quantitative estimate of drug-likeness (QED) is 0.488. The number of alkyl halides is 2. The lowest BCUT2D eigenvalue weighted by molar-refractivity contribution is -0.150. The Balaban J connectivity index is 1.34. The summed E-state index contributed by atoms with van der Waals surface area (Å²) < 4.78 is 21.4. The third-order valence-corrected chi connectivity index (χ3v) is 10.4. The number of anilines is 1. The average Bonchev–Trinajstić information content (AvgIpc) is 3.70. The van der Waals surface area contributed by atoms with Crippen molar-refractivity contribution in [1.29, 1.82) is 5.26 Å². The third-order valence-electron chi connectivity index (χ3n) is 10.2. The molecule has 11 nitrogen and oxygen atoms in total. The van der Waals surface area contributed by atoms with Crippen LogP contribution in [0.4, 0.5) is 10.2 Å². The fourth-order valence-corrected chi connectivity index (χ4v) is 8.09. The highest BCUT2D eigenvalue weighted by Gasteiger charge is 2.65. The van der Waals surface area contributed by atoms with E-state index in [0.717, 1.165) is 0 Å². The number of aromatic nitrogens is 1. The molecule has 5 aliphatic rings. The van der Waals surface area contributed by atoms with Gasteiger partial charge in [-0.25, -0.2) is 9.37 Å². The number of likely N-dealkylation sites (tertiary alicyclic amines) is 2. The van der Waals surface area contributed by atoms with Crippen molar-refractivity contribution in [2.75, 3.05) is 18.4 Å². The van der Waals surface area contributed by atoms with E-state index in [0.29, 0.717) is 18.6 Å². The van der Waals surface area contributed by atoms with Gasteiger partial charge in [-0.3, -0.25) is 19.2 Å². The zero-order valence-electron chi connectivity index (χ0n) is 25.5. The molecular formula is C31H38ClFN6O5. The Bertz CT molecular complexity index is 1450. The number of carbonyl (C=O) groups excluding carboxylic acids is 4. The van der Waals surface area contributed by atoms with Crippen molar-refractivity contribution < 1.29 is 28.3 Å². The van der Waals surface area contributed by atoms with Gasteiger partial charge in [-0.2, -0.15) is 5.26 Å². The van der Waals surface area contributed by atoms with Crippen LogP contribution in [0.15, 0.2) is 18.3 Å². The second-order valence-electron chi connectivity index (χ2n) is 14.5. The number of amides is 4. The summed E-state index contributed by atoms with van der Waals surface area (Å²) >= 11 is 6.28. The minimum absolute atomic E-state index is 0.0331. The maximum Gasteiger partial charge on any atom is 0.271 e. The lowest BCUT2D eigenvalue weighted by Crippen LogP contribution is -2.61. The monoisotopic (exact) mass is 628 g/mol. The molecule has 0 radical (unpaired) electrons. The van der Waals surface area contributed by atoms with Gasteiger partial charge in [0.25, 0.3) is 5.91 Å². The molecule has 2 aliphatic carbocycles. The number of rotatable bonds is 4. The predicted molar refractivity (Wildman–Crippen MR) is 157 cm³/mol. The second kappa shape index (κ2) is 10.3. The molecule has 236 valence electrons. The number of nitrogens with zero attached hydrogens (tertiary/aromatic N) is 4. The molecular weight excluding hydrogens is 591 g/mol. The highest BCUT2D eigenvalue weighted by Crippen LogP contribution is 2.59. The van der Waals surface area contributed by atoms with E-state index >= 15 is 4.39 Å². The smallest absolute Gasteiger partial charge is 0.271 e. The van der Waals surface area contributed by atoms with Crippen molar-refractivity contribution in [2.24, 2.45) is 29.1 Å². The van der Waals surface area contributed by atoms with E-state index in [1.54, 1.807) is 12.1 Å². The summed E-state index contributed by atoms with van der Waals surface area (Å²) in [5.41, 5.74) is -2.27. The first-order valence-corrected chi connectivity index (χ1v) is 15.5. The highest BCUT2D eigenvalue weighted by molar-refractivity contribution is 6.34. The van der Waals surface area contributed by atoms with Gasteiger partial charge in [-0.1, -0.05) is 20.8 Å². The lowest BCUT2D eigenvalue weighted by atomic mass is 9.77. The van der Waals surface area contributed by atoms with Gasteiger partial charge < -0.3 is 25.2 Å². The molecule has 2 saturated heterocycles. The molecule has 0 aromatic carbocycles. The molecule has 3 aliphatic heterocycles. The van der Waals surface area contributed by atoms with E-state index < -0.39 is 75.7 Å². The first kappa shape index (κ1) is 30.6. The van der Waals surface area contributed by atoms with Gasteiger partial charge in [0, 0.05) is 19.2 Å². The molecule has 1 aromatic heterocycles. The van der Waals surface area contributed by atoms with Crippen LogP contribution in [0.5, 0.6) is 5.75 Å². The van der Waals surface area contributed by atoms with Crippen LogP contribution in [0.2, 0.25) is 0 Å². The second-order valence-corrected chi connectivity index (χ2v) is 15.5. The molecule has 2 bridgehead atoms. The van der Waals surface area contributed by atoms with Crippen LogP contribution >= 0.6 is 11.6 Å². The number of pyridine rings is 1. The number of nitrogens with one attached hydrogen (secondary N) is 2. The van der Waals surface area contributed by atoms with Crippen molar-refractivity contribution in [3.05, 3.63) is 18.3 Å². The van der Waals surface area contributed by atoms with Crippen molar-refractivity contribution in [1.82, 2.24) is 20.1 Å². The summed E-state index contributed by atoms with van der Waals surface area (Å²) in [7, 11) is 0. The number of carbonyl (C=O) groups is 4. The number of hydrogen-bond donors (Lipinski definition) is 2. The summed E-state index contributed by atoms with van der Waals surface area (Å²) in [5.74, 6) is -2.32. The Morgan fingerprint density at radius 1 is 1.23 bits per heavy atom. The predicted octanol–water partition coefficient (Wildman–Crippen LogP) is 2.65. The van der Waals surface area contributed by atoms with Crippen molar-refractivity contribution >= 4 is 41.0 Å². The molecule has 13 heteroatoms. The third kappa shape index (κ3) is 4.78. The minimum Gasteiger partial charge on any atom is -0.472 e. The van der Waals surface area contributed by atoms with Crippen LogP contribution in [0.1, 0.15) is 53.9 Å². The van der Waals surface area contributed by atoms with Crippen LogP contribution in [0.3, 0.4) is 0 Å². The topological polar surface area (TPSA) is 145 Å². The summed E-state index contributed by atoms with van der Waals surface area (Å²) in [4.78, 5) is 61.0. The normalized spacial score (nSPS) is 34.6. The Morgan fingerprint density at radius 2 is 1.95 bits per heavy atom. The Labute approximate surface area is 260 Å². The molecule has 1 aromatic rings. The van der Waals surface area contributed by atoms with Gasteiger partial charge in [-0.15, -0.1) is 11.6 Å². The van der Waals surface area contributed by atoms with E-state index in [1.165, 1.54) is 29.8 Å². The zero-order chi connectivity index (χ0) is 31.9. The van der Waals surface area contributed by atoms with Crippen molar-refractivity contribution in [3.63, 3.8) is 0 Å². The summed E-state index contributed by atoms with van der Waals surface area (Å²) in [6.07, 6.45) is 1.38. The van der Waals surface area contributed by atoms with E-state index in [4.69, 9.17) is 16.3 Å². The van der Waals surface area contributed by atoms with E-state index in [2.05, 4.69) is 21.7 Å². The van der Waals surface area contributed by atoms with Gasteiger partial charge in [0.1, 0.15) is 29.2 Å². The molecule has 9 atom stereocenters. The Kier molecular flexibility index (Phi) is 7.15. The van der Waals surface area contributed by atoms with E-state index in [9.17, 15) is 24.4 Å². The van der Waals surface area contributed by atoms with Crippen molar-refractivity contribution in [2.45, 2.75) is 88.7 Å². The molecule has 4 fully saturated rings. The Morgan fingerprint density at radius 3 is 2.61 bits per heavy atom. The zero-order valence-corrected chi connectivity index (χ0v) is 26.2. The number of halogens is 2. The van der Waals surface area contributed by atoms with Crippen LogP contribution in [0, 0.1) is 40.4 Å². The molecule has 4 amide bonds. The molecule has 6 rings (SSSR count). The summed E-state index contributed by atoms with van der Waals surface area (Å²) in [6.45, 7) is 8.53. The van der Waals surface area contributed by atoms with Gasteiger partial charge in [0.05, 0.1) is 12.6 Å². The Hall–Kier alpha value is -3.46. The van der Waals surface area contributed by atoms with Gasteiger partial charge >= 0.3 is 0 Å². The van der Waals surface area contributed by atoms with Gasteiger partial charge in [-0.05, 0) is 67.9 Å².